The van der Waals surface area contributed by atoms with Crippen molar-refractivity contribution < 1.29 is 28.9 Å². The number of hydrogen-bond acceptors (Lipinski definition) is 7. The van der Waals surface area contributed by atoms with Gasteiger partial charge in [0, 0.05) is 13.1 Å². The number of rotatable bonds is 10. The van der Waals surface area contributed by atoms with E-state index in [1.165, 1.54) is 65.5 Å². The van der Waals surface area contributed by atoms with E-state index in [1.807, 2.05) is 0 Å². The zero-order valence-corrected chi connectivity index (χ0v) is 41.1. The quantitative estimate of drug-likeness (QED) is 0.158. The van der Waals surface area contributed by atoms with Gasteiger partial charge in [0.25, 0.3) is 0 Å². The largest absolute Gasteiger partial charge is 0.490 e. The average molecular weight is 901 g/mol. The lowest BCUT2D eigenvalue weighted by Crippen LogP contribution is -2.36. The number of ether oxygens (including phenoxy) is 3. The summed E-state index contributed by atoms with van der Waals surface area (Å²) in [5, 5.41) is 14.2. The second-order valence-electron chi connectivity index (χ2n) is 20.7. The molecular formula is C53H76N2O6S2. The van der Waals surface area contributed by atoms with Gasteiger partial charge in [-0.2, -0.15) is 27.0 Å². The van der Waals surface area contributed by atoms with Crippen molar-refractivity contribution in [2.75, 3.05) is 20.2 Å². The summed E-state index contributed by atoms with van der Waals surface area (Å²) in [4.78, 5) is 27.8. The minimum absolute atomic E-state index is 0. The lowest BCUT2D eigenvalue weighted by Gasteiger charge is -2.37. The summed E-state index contributed by atoms with van der Waals surface area (Å²) in [5.41, 5.74) is 3.20. The molecule has 8 nitrogen and oxygen atoms in total. The fraction of sp³-hybridized carbons (Fsp3) is 0.585. The molecule has 2 unspecified atom stereocenters. The summed E-state index contributed by atoms with van der Waals surface area (Å²) in [6.07, 6.45) is 13.9. The first-order valence-electron chi connectivity index (χ1n) is 23.3. The molecule has 4 aromatic rings. The highest BCUT2D eigenvalue weighted by atomic mass is 32.1. The Balaban J connectivity index is 0.000000230. The van der Waals surface area contributed by atoms with Crippen LogP contribution in [0.25, 0.3) is 21.5 Å². The Morgan fingerprint density at radius 3 is 1.33 bits per heavy atom. The maximum atomic E-state index is 12.0. The summed E-state index contributed by atoms with van der Waals surface area (Å²) in [7, 11) is 1.48. The van der Waals surface area contributed by atoms with Gasteiger partial charge in [-0.3, -0.25) is 19.4 Å². The number of likely N-dealkylation sites (tertiary alicyclic amines) is 2. The molecule has 0 amide bonds. The van der Waals surface area contributed by atoms with Crippen molar-refractivity contribution in [1.29, 1.82) is 0 Å². The van der Waals surface area contributed by atoms with Gasteiger partial charge in [0.05, 0.1) is 19.3 Å². The molecule has 2 saturated heterocycles. The molecule has 4 fully saturated rings. The third-order valence-corrected chi connectivity index (χ3v) is 14.4. The van der Waals surface area contributed by atoms with Gasteiger partial charge in [0.1, 0.15) is 23.6 Å². The predicted octanol–water partition coefficient (Wildman–Crippen LogP) is 12.1. The normalized spacial score (nSPS) is 24.4. The molecule has 2 atom stereocenters. The van der Waals surface area contributed by atoms with Crippen LogP contribution in [0.15, 0.2) is 72.8 Å². The first kappa shape index (κ1) is 50.6. The SMILES string of the molecule is CC(C)(C)C1CCC(Oc2ccc3cc(CN4CCCC4C(=O)O)ccc3c2)CC1.COC(=O)C1CCCN1Cc1ccc2cc(OC3CCC(C(C)(C)C)CC3)ccc2c1.S.S. The molecule has 4 aliphatic rings. The Hall–Kier alpha value is -3.44. The van der Waals surface area contributed by atoms with E-state index < -0.39 is 5.97 Å². The summed E-state index contributed by atoms with van der Waals surface area (Å²) in [6.45, 7) is 17.4. The van der Waals surface area contributed by atoms with Crippen LogP contribution < -0.4 is 9.47 Å². The lowest BCUT2D eigenvalue weighted by atomic mass is 9.72. The van der Waals surface area contributed by atoms with Crippen molar-refractivity contribution in [2.45, 2.75) is 156 Å². The Morgan fingerprint density at radius 1 is 0.556 bits per heavy atom. The number of aliphatic carboxylic acids is 1. The molecule has 1 N–H and O–H groups in total. The molecule has 0 aromatic heterocycles. The van der Waals surface area contributed by atoms with E-state index in [9.17, 15) is 14.7 Å². The van der Waals surface area contributed by atoms with Crippen molar-refractivity contribution in [2.24, 2.45) is 22.7 Å². The summed E-state index contributed by atoms with van der Waals surface area (Å²) >= 11 is 0. The number of fused-ring (bicyclic) bond motifs is 2. The third kappa shape index (κ3) is 13.3. The Bertz CT molecular complexity index is 2110. The molecule has 8 rings (SSSR count). The van der Waals surface area contributed by atoms with Crippen LogP contribution in [0, 0.1) is 22.7 Å². The van der Waals surface area contributed by atoms with Gasteiger partial charge in [-0.05, 0) is 182 Å². The van der Waals surface area contributed by atoms with Gasteiger partial charge in [0.15, 0.2) is 0 Å². The average Bonchev–Trinajstić information content (AvgIpc) is 3.90. The highest BCUT2D eigenvalue weighted by Crippen LogP contribution is 2.40. The maximum absolute atomic E-state index is 12.0. The van der Waals surface area contributed by atoms with E-state index in [2.05, 4.69) is 124 Å². The van der Waals surface area contributed by atoms with Crippen LogP contribution in [0.2, 0.25) is 0 Å². The van der Waals surface area contributed by atoms with Crippen molar-refractivity contribution >= 4 is 60.5 Å². The topological polar surface area (TPSA) is 88.5 Å². The number of nitrogens with zero attached hydrogens (tertiary/aromatic N) is 2. The summed E-state index contributed by atoms with van der Waals surface area (Å²) in [5.74, 6) is 2.72. The minimum Gasteiger partial charge on any atom is -0.490 e. The molecule has 2 saturated carbocycles. The van der Waals surface area contributed by atoms with Gasteiger partial charge in [-0.15, -0.1) is 0 Å². The van der Waals surface area contributed by atoms with Gasteiger partial charge >= 0.3 is 11.9 Å². The fourth-order valence-corrected chi connectivity index (χ4v) is 10.6. The standard InChI is InChI=1S/C27H37NO3.C26H35NO3.2H2S/c1-27(2,3)22-10-13-23(14-11-22)31-24-12-9-20-16-19(7-8-21(20)17-24)18-28-15-5-6-25(28)26(29)30-4;1-26(2,3)21-9-12-22(13-10-21)30-23-11-8-19-15-18(6-7-20(19)16-23)17-27-14-4-5-24(27)25(28)29;;/h7-9,12,16-17,22-23,25H,5-6,10-11,13-15,18H2,1-4H3;6-8,11,15-16,21-22,24H,4-5,9-10,12-14,17H2,1-3H3,(H,28,29);2*1H2. The lowest BCUT2D eigenvalue weighted by molar-refractivity contribution is -0.146. The molecule has 63 heavy (non-hydrogen) atoms. The van der Waals surface area contributed by atoms with E-state index in [4.69, 9.17) is 14.2 Å². The molecule has 2 aliphatic heterocycles. The van der Waals surface area contributed by atoms with Crippen LogP contribution >= 0.6 is 27.0 Å². The van der Waals surface area contributed by atoms with E-state index in [1.54, 1.807) is 0 Å². The zero-order chi connectivity index (χ0) is 43.3. The summed E-state index contributed by atoms with van der Waals surface area (Å²) in [6, 6.07) is 25.4. The van der Waals surface area contributed by atoms with E-state index in [-0.39, 0.29) is 45.0 Å². The number of methoxy groups -OCH3 is 1. The highest BCUT2D eigenvalue weighted by Gasteiger charge is 2.34. The van der Waals surface area contributed by atoms with Crippen molar-refractivity contribution in [3.05, 3.63) is 83.9 Å². The van der Waals surface area contributed by atoms with E-state index in [0.717, 1.165) is 94.3 Å². The van der Waals surface area contributed by atoms with Gasteiger partial charge in [0.2, 0.25) is 0 Å². The zero-order valence-electron chi connectivity index (χ0n) is 39.1. The minimum atomic E-state index is -0.702. The van der Waals surface area contributed by atoms with Crippen LogP contribution in [-0.4, -0.2) is 71.3 Å². The van der Waals surface area contributed by atoms with Gasteiger partial charge in [-0.25, -0.2) is 0 Å². The smallest absolute Gasteiger partial charge is 0.323 e. The molecule has 0 bridgehead atoms. The number of carboxylic acids is 1. The monoisotopic (exact) mass is 901 g/mol. The number of carbonyl (C=O) groups excluding carboxylic acids is 1. The van der Waals surface area contributed by atoms with Crippen LogP contribution in [-0.2, 0) is 27.4 Å². The van der Waals surface area contributed by atoms with E-state index in [0.29, 0.717) is 29.6 Å². The molecule has 4 aromatic carbocycles. The second-order valence-corrected chi connectivity index (χ2v) is 20.7. The molecule has 346 valence electrons. The highest BCUT2D eigenvalue weighted by molar-refractivity contribution is 7.59. The molecule has 10 heteroatoms. The van der Waals surface area contributed by atoms with Crippen LogP contribution in [0.3, 0.4) is 0 Å². The number of esters is 1. The van der Waals surface area contributed by atoms with Crippen LogP contribution in [0.1, 0.15) is 130 Å². The van der Waals surface area contributed by atoms with Crippen molar-refractivity contribution in [1.82, 2.24) is 9.80 Å². The predicted molar refractivity (Wildman–Crippen MR) is 267 cm³/mol. The number of carbonyl (C=O) groups is 2. The second kappa shape index (κ2) is 22.2. The Labute approximate surface area is 391 Å². The molecule has 2 aliphatic carbocycles. The molecule has 0 radical (unpaired) electrons. The van der Waals surface area contributed by atoms with Crippen molar-refractivity contribution in [3.63, 3.8) is 0 Å². The number of carboxylic acid groups (broad SMARTS) is 1. The van der Waals surface area contributed by atoms with Gasteiger partial charge in [-0.1, -0.05) is 77.9 Å². The fourth-order valence-electron chi connectivity index (χ4n) is 10.6. The van der Waals surface area contributed by atoms with Crippen molar-refractivity contribution in [3.8, 4) is 11.5 Å². The molecular weight excluding hydrogens is 825 g/mol. The summed E-state index contributed by atoms with van der Waals surface area (Å²) < 4.78 is 17.7. The molecule has 2 heterocycles. The Kier molecular flexibility index (Phi) is 17.8. The first-order valence-corrected chi connectivity index (χ1v) is 23.3. The van der Waals surface area contributed by atoms with E-state index >= 15 is 0 Å². The van der Waals surface area contributed by atoms with Crippen LogP contribution in [0.5, 0.6) is 11.5 Å². The molecule has 0 spiro atoms. The van der Waals surface area contributed by atoms with Gasteiger partial charge < -0.3 is 19.3 Å². The van der Waals surface area contributed by atoms with Crippen LogP contribution in [0.4, 0.5) is 0 Å². The Morgan fingerprint density at radius 2 is 0.937 bits per heavy atom. The maximum Gasteiger partial charge on any atom is 0.323 e. The number of hydrogen-bond donors (Lipinski definition) is 1. The third-order valence-electron chi connectivity index (χ3n) is 14.4. The first-order chi connectivity index (χ1) is 29.1. The number of benzene rings is 4.